The van der Waals surface area contributed by atoms with Crippen LogP contribution in [0, 0.1) is 5.41 Å². The first-order chi connectivity index (χ1) is 25.2. The van der Waals surface area contributed by atoms with Gasteiger partial charge in [0.1, 0.15) is 0 Å². The van der Waals surface area contributed by atoms with Crippen LogP contribution in [0.5, 0.6) is 11.6 Å². The summed E-state index contributed by atoms with van der Waals surface area (Å²) in [4.78, 5) is 40.0. The second-order valence-corrected chi connectivity index (χ2v) is 14.6. The van der Waals surface area contributed by atoms with E-state index < -0.39 is 0 Å². The van der Waals surface area contributed by atoms with Crippen molar-refractivity contribution in [2.24, 2.45) is 5.41 Å². The minimum Gasteiger partial charge on any atom is -0.493 e. The number of imidazole rings is 1. The summed E-state index contributed by atoms with van der Waals surface area (Å²) in [5.74, 6) is 1.33. The number of fused-ring (bicyclic) bond motifs is 1. The van der Waals surface area contributed by atoms with Crippen molar-refractivity contribution in [1.82, 2.24) is 40.2 Å². The molecule has 0 bridgehead atoms. The summed E-state index contributed by atoms with van der Waals surface area (Å²) < 4.78 is 13.4. The van der Waals surface area contributed by atoms with Gasteiger partial charge in [0.2, 0.25) is 17.7 Å². The molecular weight excluding hydrogens is 703 g/mol. The van der Waals surface area contributed by atoms with Gasteiger partial charge in [0.25, 0.3) is 0 Å². The zero-order valence-electron chi connectivity index (χ0n) is 28.8. The largest absolute Gasteiger partial charge is 0.493 e. The van der Waals surface area contributed by atoms with Crippen molar-refractivity contribution >= 4 is 40.7 Å². The van der Waals surface area contributed by atoms with Crippen LogP contribution in [0.2, 0.25) is 10.0 Å². The van der Waals surface area contributed by atoms with Crippen molar-refractivity contribution in [2.45, 2.75) is 38.4 Å². The lowest BCUT2D eigenvalue weighted by Crippen LogP contribution is -2.56. The molecular formula is C38H38Cl2N8O4. The summed E-state index contributed by atoms with van der Waals surface area (Å²) >= 11 is 14.3. The number of rotatable bonds is 11. The Bertz CT molecular complexity index is 2200. The second kappa shape index (κ2) is 14.0. The molecule has 2 amide bonds. The topological polar surface area (TPSA) is 135 Å². The number of aromatic nitrogens is 4. The molecule has 1 spiro atoms. The number of methoxy groups -OCH3 is 2. The number of hydrogen-bond acceptors (Lipinski definition) is 9. The number of benzene rings is 1. The normalized spacial score (nSPS) is 18.1. The summed E-state index contributed by atoms with van der Waals surface area (Å²) in [7, 11) is 3.22. The lowest BCUT2D eigenvalue weighted by Gasteiger charge is -2.46. The van der Waals surface area contributed by atoms with Crippen LogP contribution in [0.15, 0.2) is 61.1 Å². The average molecular weight is 742 g/mol. The Hall–Kier alpha value is -4.75. The van der Waals surface area contributed by atoms with E-state index in [4.69, 9.17) is 42.6 Å². The predicted molar refractivity (Wildman–Crippen MR) is 198 cm³/mol. The summed E-state index contributed by atoms with van der Waals surface area (Å²) in [5.41, 5.74) is 6.76. The van der Waals surface area contributed by atoms with Crippen molar-refractivity contribution in [3.05, 3.63) is 82.4 Å². The van der Waals surface area contributed by atoms with Crippen LogP contribution in [-0.4, -0.2) is 82.5 Å². The lowest BCUT2D eigenvalue weighted by atomic mass is 9.79. The van der Waals surface area contributed by atoms with E-state index in [1.807, 2.05) is 59.3 Å². The fraction of sp³-hybridized carbons (Fsp3) is 0.342. The van der Waals surface area contributed by atoms with Gasteiger partial charge in [0.05, 0.1) is 41.3 Å². The molecule has 8 rings (SSSR count). The van der Waals surface area contributed by atoms with Gasteiger partial charge in [-0.05, 0) is 24.6 Å². The Morgan fingerprint density at radius 2 is 1.81 bits per heavy atom. The van der Waals surface area contributed by atoms with Crippen molar-refractivity contribution in [1.29, 1.82) is 0 Å². The molecule has 3 saturated heterocycles. The summed E-state index contributed by atoms with van der Waals surface area (Å²) in [6.45, 7) is 4.38. The van der Waals surface area contributed by atoms with Crippen LogP contribution < -0.4 is 25.4 Å². The van der Waals surface area contributed by atoms with E-state index in [1.54, 1.807) is 20.4 Å². The van der Waals surface area contributed by atoms with Crippen LogP contribution in [-0.2, 0) is 22.7 Å². The number of carbonyl (C=O) groups excluding carboxylic acids is 2. The maximum absolute atomic E-state index is 11.8. The van der Waals surface area contributed by atoms with Crippen molar-refractivity contribution in [2.75, 3.05) is 40.4 Å². The van der Waals surface area contributed by atoms with Gasteiger partial charge in [-0.1, -0.05) is 47.5 Å². The number of pyridine rings is 3. The molecule has 268 valence electrons. The molecule has 4 aromatic heterocycles. The van der Waals surface area contributed by atoms with Gasteiger partial charge in [0, 0.05) is 110 Å². The summed E-state index contributed by atoms with van der Waals surface area (Å²) in [6, 6.07) is 13.6. The van der Waals surface area contributed by atoms with Gasteiger partial charge in [-0.15, -0.1) is 0 Å². The van der Waals surface area contributed by atoms with Crippen LogP contribution in [0.1, 0.15) is 30.5 Å². The number of carbonyl (C=O) groups is 2. The molecule has 7 heterocycles. The first-order valence-electron chi connectivity index (χ1n) is 17.3. The number of amides is 2. The number of halogens is 2. The molecule has 0 unspecified atom stereocenters. The number of ether oxygens (including phenoxy) is 2. The third-order valence-corrected chi connectivity index (χ3v) is 10.9. The third-order valence-electron chi connectivity index (χ3n) is 10.1. The molecule has 0 aliphatic carbocycles. The highest BCUT2D eigenvalue weighted by molar-refractivity contribution is 6.39. The lowest BCUT2D eigenvalue weighted by molar-refractivity contribution is -0.121. The molecule has 14 heteroatoms. The monoisotopic (exact) mass is 740 g/mol. The summed E-state index contributed by atoms with van der Waals surface area (Å²) in [5, 5.41) is 10.3. The van der Waals surface area contributed by atoms with Gasteiger partial charge in [0.15, 0.2) is 11.4 Å². The van der Waals surface area contributed by atoms with E-state index in [9.17, 15) is 9.59 Å². The van der Waals surface area contributed by atoms with Crippen molar-refractivity contribution in [3.63, 3.8) is 0 Å². The maximum atomic E-state index is 11.8. The van der Waals surface area contributed by atoms with Gasteiger partial charge < -0.3 is 29.8 Å². The smallest absolute Gasteiger partial charge is 0.220 e. The Labute approximate surface area is 310 Å². The van der Waals surface area contributed by atoms with Crippen LogP contribution in [0.4, 0.5) is 0 Å². The van der Waals surface area contributed by atoms with E-state index in [-0.39, 0.29) is 23.3 Å². The highest BCUT2D eigenvalue weighted by Gasteiger charge is 2.48. The molecule has 5 aromatic rings. The Balaban J connectivity index is 1.04. The Kier molecular flexibility index (Phi) is 9.24. The fourth-order valence-corrected chi connectivity index (χ4v) is 8.27. The van der Waals surface area contributed by atoms with Crippen molar-refractivity contribution in [3.8, 4) is 45.3 Å². The van der Waals surface area contributed by atoms with Gasteiger partial charge in [-0.3, -0.25) is 19.5 Å². The van der Waals surface area contributed by atoms with Crippen molar-refractivity contribution < 1.29 is 19.1 Å². The minimum absolute atomic E-state index is 0.0555. The molecule has 3 aliphatic rings. The molecule has 3 fully saturated rings. The number of likely N-dealkylation sites (tertiary alicyclic amines) is 1. The van der Waals surface area contributed by atoms with E-state index in [0.717, 1.165) is 59.6 Å². The maximum Gasteiger partial charge on any atom is 0.220 e. The van der Waals surface area contributed by atoms with E-state index in [1.165, 1.54) is 0 Å². The van der Waals surface area contributed by atoms with E-state index >= 15 is 0 Å². The first-order valence-corrected chi connectivity index (χ1v) is 18.0. The minimum atomic E-state index is 0.0555. The molecule has 52 heavy (non-hydrogen) atoms. The predicted octanol–water partition coefficient (Wildman–Crippen LogP) is 5.14. The number of nitrogens with one attached hydrogen (secondary N) is 3. The third kappa shape index (κ3) is 6.56. The van der Waals surface area contributed by atoms with Crippen LogP contribution in [0.25, 0.3) is 39.3 Å². The van der Waals surface area contributed by atoms with Gasteiger partial charge in [-0.25, -0.2) is 9.97 Å². The summed E-state index contributed by atoms with van der Waals surface area (Å²) in [6.07, 6.45) is 7.67. The molecule has 3 aliphatic heterocycles. The molecule has 1 aromatic carbocycles. The highest BCUT2D eigenvalue weighted by atomic mass is 35.5. The van der Waals surface area contributed by atoms with Crippen LogP contribution >= 0.6 is 23.2 Å². The molecule has 3 N–H and O–H groups in total. The average Bonchev–Trinajstić information content (AvgIpc) is 3.86. The Morgan fingerprint density at radius 1 is 0.981 bits per heavy atom. The quantitative estimate of drug-likeness (QED) is 0.168. The number of nitrogens with zero attached hydrogens (tertiary/aromatic N) is 5. The Morgan fingerprint density at radius 3 is 2.56 bits per heavy atom. The van der Waals surface area contributed by atoms with Gasteiger partial charge >= 0.3 is 0 Å². The fourth-order valence-electron chi connectivity index (χ4n) is 7.63. The second-order valence-electron chi connectivity index (χ2n) is 13.8. The van der Waals surface area contributed by atoms with E-state index in [2.05, 4.69) is 25.8 Å². The number of hydrogen-bond donors (Lipinski definition) is 3. The molecule has 1 atom stereocenters. The van der Waals surface area contributed by atoms with Gasteiger partial charge in [-0.2, -0.15) is 0 Å². The zero-order chi connectivity index (χ0) is 36.0. The van der Waals surface area contributed by atoms with E-state index in [0.29, 0.717) is 71.2 Å². The molecule has 0 saturated carbocycles. The first kappa shape index (κ1) is 34.3. The molecule has 12 nitrogen and oxygen atoms in total. The standard InChI is InChI=1S/C38H38Cl2N8O4/c1-51-30-12-23(16-48-18-25(45-36(30)48)17-47-20-38(21-47)13-32(50)43-19-38)35-34(40)27(10-11-42-35)26-4-3-5-28(33(26)39)29-8-6-22(37(46-29)52-2)14-41-15-24-7-9-31(49)44-24/h3-6,8,10-12,16,18,24,41H,7,9,13-15,17,19-21H2,1-2H3,(H,43,50)(H,44,49)/t24-/m1/s1. The molecule has 0 radical (unpaired) electrons. The highest BCUT2D eigenvalue weighted by Crippen LogP contribution is 2.43. The SMILES string of the molecule is COc1nc(-c2cccc(-c3ccnc(-c4cc(OC)c5nc(CN6CC7(CNC(=O)C7)C6)cn5c4)c3Cl)c2Cl)ccc1CNC[C@H]1CCC(=O)N1. The zero-order valence-corrected chi connectivity index (χ0v) is 30.4. The van der Waals surface area contributed by atoms with Crippen LogP contribution in [0.3, 0.4) is 0 Å².